The number of hydrogen-bond acceptors (Lipinski definition) is 4. The Labute approximate surface area is 180 Å². The third-order valence-electron chi connectivity index (χ3n) is 4.73. The summed E-state index contributed by atoms with van der Waals surface area (Å²) < 4.78 is 29.9. The number of carbonyl (C=O) groups excluding carboxylic acids is 1. The molecule has 150 valence electrons. The molecule has 0 heterocycles. The molecule has 3 aromatic rings. The molecule has 4 rings (SSSR count). The molecular weight excluding hydrogens is 414 g/mol. The minimum atomic E-state index is -3.92. The molecular formula is C24H19NO3S2. The van der Waals surface area contributed by atoms with Gasteiger partial charge in [-0.25, -0.2) is 0 Å². The molecule has 0 atom stereocenters. The zero-order chi connectivity index (χ0) is 21.3. The van der Waals surface area contributed by atoms with E-state index in [0.29, 0.717) is 16.0 Å². The first-order valence-electron chi connectivity index (χ1n) is 9.35. The van der Waals surface area contributed by atoms with Gasteiger partial charge in [0.15, 0.2) is 5.78 Å². The minimum Gasteiger partial charge on any atom is -0.288 e. The molecule has 1 aliphatic carbocycles. The van der Waals surface area contributed by atoms with Gasteiger partial charge in [0.1, 0.15) is 0 Å². The number of rotatable bonds is 4. The highest BCUT2D eigenvalue weighted by Crippen LogP contribution is 2.34. The lowest BCUT2D eigenvalue weighted by molar-refractivity contribution is 0.104. The first kappa shape index (κ1) is 20.3. The Morgan fingerprint density at radius 3 is 1.97 bits per heavy atom. The van der Waals surface area contributed by atoms with Crippen molar-refractivity contribution in [2.24, 2.45) is 4.40 Å². The molecule has 0 aliphatic heterocycles. The first-order chi connectivity index (χ1) is 14.3. The number of thioether (sulfide) groups is 1. The van der Waals surface area contributed by atoms with Crippen molar-refractivity contribution in [3.8, 4) is 0 Å². The highest BCUT2D eigenvalue weighted by Gasteiger charge is 2.26. The average molecular weight is 434 g/mol. The Morgan fingerprint density at radius 2 is 1.33 bits per heavy atom. The molecule has 1 aliphatic rings. The fraction of sp³-hybridized carbons (Fsp3) is 0.0833. The summed E-state index contributed by atoms with van der Waals surface area (Å²) in [4.78, 5) is 14.5. The summed E-state index contributed by atoms with van der Waals surface area (Å²) in [6.07, 6.45) is 1.57. The number of ketones is 1. The minimum absolute atomic E-state index is 0.121. The van der Waals surface area contributed by atoms with Crippen LogP contribution in [0.15, 0.2) is 98.0 Å². The Bertz CT molecular complexity index is 1290. The van der Waals surface area contributed by atoms with E-state index in [9.17, 15) is 13.2 Å². The van der Waals surface area contributed by atoms with Crippen LogP contribution in [-0.4, -0.2) is 19.9 Å². The fourth-order valence-electron chi connectivity index (χ4n) is 3.08. The van der Waals surface area contributed by atoms with E-state index < -0.39 is 10.0 Å². The largest absolute Gasteiger partial charge is 0.288 e. The monoisotopic (exact) mass is 433 g/mol. The highest BCUT2D eigenvalue weighted by molar-refractivity contribution is 8.04. The van der Waals surface area contributed by atoms with Crippen molar-refractivity contribution >= 4 is 33.3 Å². The smallest absolute Gasteiger partial charge is 0.282 e. The molecule has 0 saturated heterocycles. The zero-order valence-electron chi connectivity index (χ0n) is 16.5. The Hall–Kier alpha value is -2.96. The van der Waals surface area contributed by atoms with Crippen LogP contribution in [0, 0.1) is 13.8 Å². The number of aryl methyl sites for hydroxylation is 2. The molecule has 0 fully saturated rings. The lowest BCUT2D eigenvalue weighted by Gasteiger charge is -2.17. The van der Waals surface area contributed by atoms with Crippen LogP contribution >= 0.6 is 11.8 Å². The van der Waals surface area contributed by atoms with Crippen LogP contribution in [0.25, 0.3) is 0 Å². The lowest BCUT2D eigenvalue weighted by Crippen LogP contribution is -2.17. The van der Waals surface area contributed by atoms with E-state index in [2.05, 4.69) is 4.40 Å². The number of allylic oxidation sites excluding steroid dienone is 2. The van der Waals surface area contributed by atoms with E-state index in [4.69, 9.17) is 0 Å². The molecule has 0 spiro atoms. The summed E-state index contributed by atoms with van der Waals surface area (Å²) >= 11 is 1.31. The normalized spacial score (nSPS) is 15.1. The summed E-state index contributed by atoms with van der Waals surface area (Å²) in [5.74, 6) is -0.136. The molecule has 3 aromatic carbocycles. The van der Waals surface area contributed by atoms with Gasteiger partial charge < -0.3 is 0 Å². The summed E-state index contributed by atoms with van der Waals surface area (Å²) in [5, 5.41) is 0. The van der Waals surface area contributed by atoms with E-state index >= 15 is 0 Å². The van der Waals surface area contributed by atoms with Crippen molar-refractivity contribution in [3.05, 3.63) is 106 Å². The predicted octanol–water partition coefficient (Wildman–Crippen LogP) is 5.35. The second-order valence-electron chi connectivity index (χ2n) is 7.06. The van der Waals surface area contributed by atoms with E-state index in [1.54, 1.807) is 54.6 Å². The molecule has 4 nitrogen and oxygen atoms in total. The van der Waals surface area contributed by atoms with Crippen LogP contribution in [0.3, 0.4) is 0 Å². The maximum Gasteiger partial charge on any atom is 0.282 e. The summed E-state index contributed by atoms with van der Waals surface area (Å²) in [6.45, 7) is 3.89. The van der Waals surface area contributed by atoms with Gasteiger partial charge in [-0.1, -0.05) is 71.4 Å². The van der Waals surface area contributed by atoms with Crippen LogP contribution in [-0.2, 0) is 10.0 Å². The number of Topliss-reactive ketones (excluding diaryl/α,β-unsaturated/α-hetero) is 1. The third kappa shape index (κ3) is 4.15. The van der Waals surface area contributed by atoms with Crippen LogP contribution in [0.5, 0.6) is 0 Å². The van der Waals surface area contributed by atoms with Crippen molar-refractivity contribution < 1.29 is 13.2 Å². The Balaban J connectivity index is 1.80. The van der Waals surface area contributed by atoms with Crippen LogP contribution in [0.2, 0.25) is 0 Å². The van der Waals surface area contributed by atoms with Gasteiger partial charge in [0.2, 0.25) is 0 Å². The van der Waals surface area contributed by atoms with Gasteiger partial charge in [-0.2, -0.15) is 12.8 Å². The van der Waals surface area contributed by atoms with Crippen molar-refractivity contribution in [1.82, 2.24) is 0 Å². The maximum absolute atomic E-state index is 13.0. The Kier molecular flexibility index (Phi) is 5.45. The number of benzene rings is 3. The van der Waals surface area contributed by atoms with Gasteiger partial charge in [-0.3, -0.25) is 4.79 Å². The summed E-state index contributed by atoms with van der Waals surface area (Å²) in [7, 11) is -3.92. The van der Waals surface area contributed by atoms with Crippen molar-refractivity contribution in [2.45, 2.75) is 23.6 Å². The SMILES string of the molecule is Cc1ccc(SC2=CC(=NS(=O)(=O)c3ccc(C)cc3)c3ccccc3C2=O)cc1. The van der Waals surface area contributed by atoms with Crippen molar-refractivity contribution in [2.75, 3.05) is 0 Å². The standard InChI is InChI=1S/C24H19NO3S2/c1-16-7-11-18(12-8-16)29-23-15-22(20-5-3-4-6-21(20)24(23)26)25-30(27,28)19-13-9-17(2)10-14-19/h3-15H,1-2H3. The average Bonchev–Trinajstić information content (AvgIpc) is 2.73. The van der Waals surface area contributed by atoms with E-state index in [1.807, 2.05) is 38.1 Å². The highest BCUT2D eigenvalue weighted by atomic mass is 32.2. The fourth-order valence-corrected chi connectivity index (χ4v) is 4.98. The van der Waals surface area contributed by atoms with Gasteiger partial charge in [-0.05, 0) is 44.2 Å². The number of carbonyl (C=O) groups is 1. The van der Waals surface area contributed by atoms with Crippen LogP contribution < -0.4 is 0 Å². The first-order valence-corrected chi connectivity index (χ1v) is 11.6. The Morgan fingerprint density at radius 1 is 0.767 bits per heavy atom. The predicted molar refractivity (Wildman–Crippen MR) is 121 cm³/mol. The molecule has 0 saturated carbocycles. The van der Waals surface area contributed by atoms with E-state index in [0.717, 1.165) is 16.0 Å². The van der Waals surface area contributed by atoms with Crippen LogP contribution in [0.4, 0.5) is 0 Å². The molecule has 0 radical (unpaired) electrons. The summed E-state index contributed by atoms with van der Waals surface area (Å²) in [6, 6.07) is 21.3. The van der Waals surface area contributed by atoms with Gasteiger partial charge in [0.05, 0.1) is 15.5 Å². The van der Waals surface area contributed by atoms with Gasteiger partial charge >= 0.3 is 0 Å². The van der Waals surface area contributed by atoms with Crippen molar-refractivity contribution in [1.29, 1.82) is 0 Å². The second kappa shape index (κ2) is 8.05. The topological polar surface area (TPSA) is 63.6 Å². The number of hydrogen-bond donors (Lipinski definition) is 0. The molecule has 0 bridgehead atoms. The molecule has 30 heavy (non-hydrogen) atoms. The lowest BCUT2D eigenvalue weighted by atomic mass is 9.94. The van der Waals surface area contributed by atoms with Crippen LogP contribution in [0.1, 0.15) is 27.0 Å². The van der Waals surface area contributed by atoms with Crippen molar-refractivity contribution in [3.63, 3.8) is 0 Å². The maximum atomic E-state index is 13.0. The quantitative estimate of drug-likeness (QED) is 0.556. The van der Waals surface area contributed by atoms with Gasteiger partial charge in [0, 0.05) is 16.0 Å². The van der Waals surface area contributed by atoms with Gasteiger partial charge in [0.25, 0.3) is 10.0 Å². The zero-order valence-corrected chi connectivity index (χ0v) is 18.1. The molecule has 0 N–H and O–H groups in total. The second-order valence-corrected chi connectivity index (χ2v) is 9.78. The molecule has 0 aromatic heterocycles. The third-order valence-corrected chi connectivity index (χ3v) is 7.06. The van der Waals surface area contributed by atoms with Gasteiger partial charge in [-0.15, -0.1) is 0 Å². The van der Waals surface area contributed by atoms with E-state index in [-0.39, 0.29) is 16.4 Å². The number of nitrogens with zero attached hydrogens (tertiary/aromatic N) is 1. The molecule has 0 unspecified atom stereocenters. The number of fused-ring (bicyclic) bond motifs is 1. The molecule has 6 heteroatoms. The van der Waals surface area contributed by atoms with E-state index in [1.165, 1.54) is 11.8 Å². The number of sulfonamides is 1. The molecule has 0 amide bonds. The summed E-state index contributed by atoms with van der Waals surface area (Å²) in [5.41, 5.74) is 3.33.